The number of anilines is 1. The van der Waals surface area contributed by atoms with Crippen LogP contribution < -0.4 is 10.6 Å². The van der Waals surface area contributed by atoms with E-state index in [1.165, 1.54) is 0 Å². The quantitative estimate of drug-likeness (QED) is 0.773. The molecule has 0 atom stereocenters. The SMILES string of the molecule is CCN(CC(=O)NCc1cccs1)CC(=O)Nc1ccc(C)cc1. The second-order valence-electron chi connectivity index (χ2n) is 5.57. The topological polar surface area (TPSA) is 61.4 Å². The molecule has 2 aromatic rings. The van der Waals surface area contributed by atoms with Crippen molar-refractivity contribution in [2.45, 2.75) is 20.4 Å². The number of nitrogens with zero attached hydrogens (tertiary/aromatic N) is 1. The average Bonchev–Trinajstić information content (AvgIpc) is 3.08. The number of carbonyl (C=O) groups excluding carboxylic acids is 2. The highest BCUT2D eigenvalue weighted by atomic mass is 32.1. The van der Waals surface area contributed by atoms with E-state index in [0.717, 1.165) is 16.1 Å². The smallest absolute Gasteiger partial charge is 0.238 e. The first kappa shape index (κ1) is 18.2. The zero-order valence-corrected chi connectivity index (χ0v) is 14.9. The van der Waals surface area contributed by atoms with Crippen molar-refractivity contribution in [2.75, 3.05) is 25.0 Å². The van der Waals surface area contributed by atoms with E-state index in [4.69, 9.17) is 0 Å². The number of aryl methyl sites for hydroxylation is 1. The normalized spacial score (nSPS) is 10.6. The van der Waals surface area contributed by atoms with Gasteiger partial charge in [0.25, 0.3) is 0 Å². The molecule has 0 saturated heterocycles. The molecule has 128 valence electrons. The van der Waals surface area contributed by atoms with Crippen LogP contribution in [0.15, 0.2) is 41.8 Å². The highest BCUT2D eigenvalue weighted by molar-refractivity contribution is 7.09. The molecule has 0 aliphatic rings. The number of carbonyl (C=O) groups is 2. The van der Waals surface area contributed by atoms with E-state index in [0.29, 0.717) is 13.1 Å². The van der Waals surface area contributed by atoms with Gasteiger partial charge in [-0.2, -0.15) is 0 Å². The van der Waals surface area contributed by atoms with E-state index >= 15 is 0 Å². The van der Waals surface area contributed by atoms with Gasteiger partial charge in [0.2, 0.25) is 11.8 Å². The Balaban J connectivity index is 1.76. The van der Waals surface area contributed by atoms with Crippen molar-refractivity contribution < 1.29 is 9.59 Å². The molecule has 0 saturated carbocycles. The van der Waals surface area contributed by atoms with Crippen molar-refractivity contribution >= 4 is 28.8 Å². The van der Waals surface area contributed by atoms with Gasteiger partial charge in [-0.3, -0.25) is 14.5 Å². The van der Waals surface area contributed by atoms with E-state index in [2.05, 4.69) is 10.6 Å². The lowest BCUT2D eigenvalue weighted by molar-refractivity contribution is -0.123. The molecule has 0 aliphatic carbocycles. The van der Waals surface area contributed by atoms with Crippen LogP contribution in [0.4, 0.5) is 5.69 Å². The third-order valence-electron chi connectivity index (χ3n) is 3.56. The van der Waals surface area contributed by atoms with Gasteiger partial charge in [-0.05, 0) is 37.0 Å². The Morgan fingerprint density at radius 3 is 2.42 bits per heavy atom. The van der Waals surface area contributed by atoms with Crippen LogP contribution in [0.2, 0.25) is 0 Å². The zero-order chi connectivity index (χ0) is 17.4. The average molecular weight is 345 g/mol. The summed E-state index contributed by atoms with van der Waals surface area (Å²) in [7, 11) is 0. The monoisotopic (exact) mass is 345 g/mol. The van der Waals surface area contributed by atoms with Crippen molar-refractivity contribution in [1.82, 2.24) is 10.2 Å². The fourth-order valence-electron chi connectivity index (χ4n) is 2.18. The maximum Gasteiger partial charge on any atom is 0.238 e. The molecule has 0 fully saturated rings. The number of nitrogens with one attached hydrogen (secondary N) is 2. The number of amides is 2. The molecule has 2 N–H and O–H groups in total. The first-order valence-electron chi connectivity index (χ1n) is 7.94. The minimum Gasteiger partial charge on any atom is -0.350 e. The number of hydrogen-bond acceptors (Lipinski definition) is 4. The number of benzene rings is 1. The zero-order valence-electron chi connectivity index (χ0n) is 14.0. The van der Waals surface area contributed by atoms with Crippen molar-refractivity contribution in [3.63, 3.8) is 0 Å². The maximum atomic E-state index is 12.1. The van der Waals surface area contributed by atoms with Crippen molar-refractivity contribution in [3.05, 3.63) is 52.2 Å². The van der Waals surface area contributed by atoms with E-state index < -0.39 is 0 Å². The van der Waals surface area contributed by atoms with Crippen LogP contribution in [0.5, 0.6) is 0 Å². The second kappa shape index (κ2) is 9.20. The predicted molar refractivity (Wildman–Crippen MR) is 98.1 cm³/mol. The van der Waals surface area contributed by atoms with Crippen molar-refractivity contribution in [1.29, 1.82) is 0 Å². The van der Waals surface area contributed by atoms with E-state index in [-0.39, 0.29) is 24.9 Å². The molecule has 0 bridgehead atoms. The van der Waals surface area contributed by atoms with Gasteiger partial charge in [0.1, 0.15) is 0 Å². The van der Waals surface area contributed by atoms with Crippen molar-refractivity contribution in [3.8, 4) is 0 Å². The third kappa shape index (κ3) is 6.14. The van der Waals surface area contributed by atoms with E-state index in [1.807, 2.05) is 60.5 Å². The van der Waals surface area contributed by atoms with E-state index in [9.17, 15) is 9.59 Å². The first-order valence-corrected chi connectivity index (χ1v) is 8.82. The predicted octanol–water partition coefficient (Wildman–Crippen LogP) is 2.63. The van der Waals surface area contributed by atoms with E-state index in [1.54, 1.807) is 11.3 Å². The van der Waals surface area contributed by atoms with Crippen LogP contribution >= 0.6 is 11.3 Å². The Morgan fingerprint density at radius 1 is 1.08 bits per heavy atom. The Bertz CT molecular complexity index is 653. The summed E-state index contributed by atoms with van der Waals surface area (Å²) in [5.74, 6) is -0.194. The van der Waals surface area contributed by atoms with Gasteiger partial charge < -0.3 is 10.6 Å². The van der Waals surface area contributed by atoms with Crippen LogP contribution in [0, 0.1) is 6.92 Å². The van der Waals surface area contributed by atoms with Crippen LogP contribution in [0.25, 0.3) is 0 Å². The molecular formula is C18H23N3O2S. The second-order valence-corrected chi connectivity index (χ2v) is 6.61. The fraction of sp³-hybridized carbons (Fsp3) is 0.333. The molecule has 2 rings (SSSR count). The van der Waals surface area contributed by atoms with Crippen LogP contribution in [0.3, 0.4) is 0 Å². The lowest BCUT2D eigenvalue weighted by Crippen LogP contribution is -2.40. The highest BCUT2D eigenvalue weighted by Crippen LogP contribution is 2.09. The molecule has 1 aromatic carbocycles. The maximum absolute atomic E-state index is 12.1. The van der Waals surface area contributed by atoms with Gasteiger partial charge in [0.15, 0.2) is 0 Å². The minimum atomic E-state index is -0.119. The molecule has 0 radical (unpaired) electrons. The number of likely N-dealkylation sites (N-methyl/N-ethyl adjacent to an activating group) is 1. The summed E-state index contributed by atoms with van der Waals surface area (Å²) < 4.78 is 0. The third-order valence-corrected chi connectivity index (χ3v) is 4.43. The summed E-state index contributed by atoms with van der Waals surface area (Å²) in [5.41, 5.74) is 1.91. The fourth-order valence-corrected chi connectivity index (χ4v) is 2.82. The summed E-state index contributed by atoms with van der Waals surface area (Å²) in [6, 6.07) is 11.6. The molecule has 2 amide bonds. The largest absolute Gasteiger partial charge is 0.350 e. The Kier molecular flexibility index (Phi) is 6.96. The summed E-state index contributed by atoms with van der Waals surface area (Å²) in [6.07, 6.45) is 0. The molecule has 0 aliphatic heterocycles. The van der Waals surface area contributed by atoms with Gasteiger partial charge in [0.05, 0.1) is 19.6 Å². The van der Waals surface area contributed by atoms with Crippen LogP contribution in [-0.4, -0.2) is 36.3 Å². The summed E-state index contributed by atoms with van der Waals surface area (Å²) in [4.78, 5) is 27.0. The molecule has 24 heavy (non-hydrogen) atoms. The molecule has 0 unspecified atom stereocenters. The summed E-state index contributed by atoms with van der Waals surface area (Å²) >= 11 is 1.61. The Morgan fingerprint density at radius 2 is 1.79 bits per heavy atom. The minimum absolute atomic E-state index is 0.0756. The number of thiophene rings is 1. The molecular weight excluding hydrogens is 322 g/mol. The lowest BCUT2D eigenvalue weighted by Gasteiger charge is -2.19. The highest BCUT2D eigenvalue weighted by Gasteiger charge is 2.13. The van der Waals surface area contributed by atoms with Crippen LogP contribution in [0.1, 0.15) is 17.4 Å². The standard InChI is InChI=1S/C18H23N3O2S/c1-3-21(12-17(22)19-11-16-5-4-10-24-16)13-18(23)20-15-8-6-14(2)7-9-15/h4-10H,3,11-13H2,1-2H3,(H,19,22)(H,20,23). The molecule has 5 nitrogen and oxygen atoms in total. The molecule has 1 heterocycles. The Hall–Kier alpha value is -2.18. The Labute approximate surface area is 146 Å². The van der Waals surface area contributed by atoms with Gasteiger partial charge in [-0.1, -0.05) is 30.7 Å². The first-order chi connectivity index (χ1) is 11.6. The summed E-state index contributed by atoms with van der Waals surface area (Å²) in [5, 5.41) is 7.71. The number of rotatable bonds is 8. The molecule has 1 aromatic heterocycles. The van der Waals surface area contributed by atoms with Crippen molar-refractivity contribution in [2.24, 2.45) is 0 Å². The van der Waals surface area contributed by atoms with Gasteiger partial charge in [-0.25, -0.2) is 0 Å². The molecule has 0 spiro atoms. The van der Waals surface area contributed by atoms with Gasteiger partial charge >= 0.3 is 0 Å². The van der Waals surface area contributed by atoms with Crippen LogP contribution in [-0.2, 0) is 16.1 Å². The number of hydrogen-bond donors (Lipinski definition) is 2. The van der Waals surface area contributed by atoms with Gasteiger partial charge in [-0.15, -0.1) is 11.3 Å². The summed E-state index contributed by atoms with van der Waals surface area (Å²) in [6.45, 7) is 5.50. The van der Waals surface area contributed by atoms with Gasteiger partial charge in [0, 0.05) is 10.6 Å². The lowest BCUT2D eigenvalue weighted by atomic mass is 10.2. The molecule has 6 heteroatoms.